The average molecular weight is 545 g/mol. The van der Waals surface area contributed by atoms with Gasteiger partial charge >= 0.3 is 0 Å². The highest BCUT2D eigenvalue weighted by Gasteiger charge is 2.28. The first-order chi connectivity index (χ1) is 19.0. The van der Waals surface area contributed by atoms with Crippen LogP contribution in [0.4, 0.5) is 5.69 Å². The summed E-state index contributed by atoms with van der Waals surface area (Å²) in [6.07, 6.45) is 11.1. The van der Waals surface area contributed by atoms with E-state index < -0.39 is 5.91 Å². The molecule has 0 bridgehead atoms. The molecule has 1 aromatic carbocycles. The second-order valence-electron chi connectivity index (χ2n) is 10.0. The zero-order valence-corrected chi connectivity index (χ0v) is 22.8. The third-order valence-electron chi connectivity index (χ3n) is 7.76. The van der Waals surface area contributed by atoms with Gasteiger partial charge in [0.05, 0.1) is 23.8 Å². The Hall–Kier alpha value is -3.93. The van der Waals surface area contributed by atoms with E-state index in [0.717, 1.165) is 59.9 Å². The van der Waals surface area contributed by atoms with Crippen LogP contribution in [0.2, 0.25) is 0 Å². The van der Waals surface area contributed by atoms with Crippen molar-refractivity contribution in [1.29, 1.82) is 10.5 Å². The molecule has 11 heteroatoms. The van der Waals surface area contributed by atoms with Gasteiger partial charge in [0.15, 0.2) is 5.57 Å². The fraction of sp³-hybridized carbons (Fsp3) is 0.464. The summed E-state index contributed by atoms with van der Waals surface area (Å²) in [5.41, 5.74) is 1.44. The van der Waals surface area contributed by atoms with Crippen LogP contribution in [-0.2, 0) is 11.3 Å². The summed E-state index contributed by atoms with van der Waals surface area (Å²) in [4.78, 5) is 28.0. The number of amides is 1. The minimum absolute atomic E-state index is 0.184. The third-order valence-corrected chi connectivity index (χ3v) is 8.89. The first-order valence-electron chi connectivity index (χ1n) is 13.5. The maximum Gasteiger partial charge on any atom is 0.270 e. The molecule has 1 saturated heterocycles. The van der Waals surface area contributed by atoms with E-state index in [4.69, 9.17) is 10.4 Å². The number of thiazole rings is 1. The van der Waals surface area contributed by atoms with Crippen molar-refractivity contribution in [2.24, 2.45) is 0 Å². The molecule has 0 unspecified atom stereocenters. The standard InChI is InChI=1S/C28H32N8O2S/c1-2-35-27(38)25(39-28(35)23(16-30)26(37)31-12-11-29)18-32-20-7-8-24-19(15-20)17-33-36(24)22-9-13-34(14-10-22)21-5-3-4-6-21/h7-8,15,17-18,21-22,32H,2-6,9-10,12-14H2,1H3,(H,31,37)/b25-18-,28-23+. The van der Waals surface area contributed by atoms with Crippen molar-refractivity contribution in [3.8, 4) is 12.1 Å². The Kier molecular flexibility index (Phi) is 8.10. The van der Waals surface area contributed by atoms with Crippen molar-refractivity contribution in [3.05, 3.63) is 43.9 Å². The van der Waals surface area contributed by atoms with E-state index in [1.54, 1.807) is 13.1 Å². The number of nitrogens with one attached hydrogen (secondary N) is 2. The molecule has 0 atom stereocenters. The fourth-order valence-electron chi connectivity index (χ4n) is 5.74. The molecule has 2 aliphatic rings. The van der Waals surface area contributed by atoms with Crippen LogP contribution >= 0.6 is 11.3 Å². The maximum atomic E-state index is 13.0. The largest absolute Gasteiger partial charge is 0.360 e. The van der Waals surface area contributed by atoms with E-state index in [1.807, 2.05) is 30.5 Å². The Morgan fingerprint density at radius 3 is 2.64 bits per heavy atom. The molecule has 1 aliphatic carbocycles. The lowest BCUT2D eigenvalue weighted by molar-refractivity contribution is -0.115. The van der Waals surface area contributed by atoms with Gasteiger partial charge in [-0.25, -0.2) is 0 Å². The molecule has 0 radical (unpaired) electrons. The number of rotatable bonds is 7. The Bertz CT molecular complexity index is 1620. The minimum Gasteiger partial charge on any atom is -0.360 e. The van der Waals surface area contributed by atoms with Crippen molar-refractivity contribution in [2.75, 3.05) is 25.0 Å². The van der Waals surface area contributed by atoms with Crippen LogP contribution in [0.25, 0.3) is 22.7 Å². The topological polar surface area (TPSA) is 132 Å². The predicted octanol–water partition coefficient (Wildman–Crippen LogP) is 2.02. The fourth-order valence-corrected chi connectivity index (χ4v) is 6.83. The highest BCUT2D eigenvalue weighted by molar-refractivity contribution is 7.07. The van der Waals surface area contributed by atoms with Gasteiger partial charge in [0, 0.05) is 42.9 Å². The van der Waals surface area contributed by atoms with E-state index >= 15 is 0 Å². The van der Waals surface area contributed by atoms with Gasteiger partial charge in [0.1, 0.15) is 21.8 Å². The maximum absolute atomic E-state index is 13.0. The number of carbonyl (C=O) groups is 1. The number of carbonyl (C=O) groups excluding carboxylic acids is 1. The van der Waals surface area contributed by atoms with Crippen LogP contribution in [0.5, 0.6) is 0 Å². The van der Waals surface area contributed by atoms with Crippen molar-refractivity contribution in [3.63, 3.8) is 0 Å². The van der Waals surface area contributed by atoms with E-state index in [1.165, 1.54) is 30.3 Å². The number of piperidine rings is 1. The quantitative estimate of drug-likeness (QED) is 0.435. The molecule has 5 rings (SSSR count). The third kappa shape index (κ3) is 5.47. The Morgan fingerprint density at radius 2 is 1.95 bits per heavy atom. The van der Waals surface area contributed by atoms with Gasteiger partial charge in [-0.3, -0.25) is 18.8 Å². The molecule has 3 aromatic rings. The van der Waals surface area contributed by atoms with Crippen LogP contribution in [0.15, 0.2) is 29.2 Å². The number of benzene rings is 1. The normalized spacial score (nSPS) is 18.2. The minimum atomic E-state index is -0.673. The number of hydrogen-bond acceptors (Lipinski definition) is 8. The van der Waals surface area contributed by atoms with Crippen LogP contribution in [-0.4, -0.2) is 50.8 Å². The summed E-state index contributed by atoms with van der Waals surface area (Å²) in [7, 11) is 0. The molecule has 2 N–H and O–H groups in total. The molecule has 1 saturated carbocycles. The van der Waals surface area contributed by atoms with Gasteiger partial charge < -0.3 is 15.5 Å². The Morgan fingerprint density at radius 1 is 1.18 bits per heavy atom. The van der Waals surface area contributed by atoms with E-state index in [9.17, 15) is 14.9 Å². The van der Waals surface area contributed by atoms with Crippen LogP contribution in [0.1, 0.15) is 51.5 Å². The van der Waals surface area contributed by atoms with E-state index in [2.05, 4.69) is 26.3 Å². The SMILES string of the molecule is CCn1c(=O)/c(=C/Nc2ccc3c(cnn3C3CCN(C4CCCC4)CC3)c2)s/c1=C(\C#N)C(=O)NCC#N. The van der Waals surface area contributed by atoms with Crippen LogP contribution in [0, 0.1) is 22.7 Å². The van der Waals surface area contributed by atoms with Crippen molar-refractivity contribution in [1.82, 2.24) is 24.6 Å². The monoisotopic (exact) mass is 544 g/mol. The number of nitriles is 2. The van der Waals surface area contributed by atoms with Gasteiger partial charge in [0.2, 0.25) is 0 Å². The Balaban J connectivity index is 1.35. The molecule has 1 aliphatic heterocycles. The zero-order chi connectivity index (χ0) is 27.4. The first kappa shape index (κ1) is 26.7. The summed E-state index contributed by atoms with van der Waals surface area (Å²) in [5, 5.41) is 29.6. The molecule has 1 amide bonds. The molecule has 2 fully saturated rings. The Labute approximate surface area is 230 Å². The van der Waals surface area contributed by atoms with Crippen molar-refractivity contribution < 1.29 is 4.79 Å². The summed E-state index contributed by atoms with van der Waals surface area (Å²) < 4.78 is 4.20. The lowest BCUT2D eigenvalue weighted by Crippen LogP contribution is -2.40. The van der Waals surface area contributed by atoms with Gasteiger partial charge in [0.25, 0.3) is 11.5 Å². The lowest BCUT2D eigenvalue weighted by Gasteiger charge is -2.36. The predicted molar refractivity (Wildman–Crippen MR) is 151 cm³/mol. The number of fused-ring (bicyclic) bond motifs is 1. The van der Waals surface area contributed by atoms with Gasteiger partial charge in [-0.05, 0) is 50.8 Å². The summed E-state index contributed by atoms with van der Waals surface area (Å²) in [6.45, 7) is 4.13. The number of aromatic nitrogens is 3. The number of hydrogen-bond donors (Lipinski definition) is 2. The second-order valence-corrected chi connectivity index (χ2v) is 11.0. The first-order valence-corrected chi connectivity index (χ1v) is 14.3. The molecule has 39 heavy (non-hydrogen) atoms. The second kappa shape index (κ2) is 11.9. The smallest absolute Gasteiger partial charge is 0.270 e. The van der Waals surface area contributed by atoms with Gasteiger partial charge in [-0.2, -0.15) is 15.6 Å². The number of anilines is 1. The molecule has 10 nitrogen and oxygen atoms in total. The molecular formula is C28H32N8O2S. The van der Waals surface area contributed by atoms with Gasteiger partial charge in [-0.15, -0.1) is 11.3 Å². The van der Waals surface area contributed by atoms with E-state index in [-0.39, 0.29) is 22.3 Å². The highest BCUT2D eigenvalue weighted by atomic mass is 32.1. The summed E-state index contributed by atoms with van der Waals surface area (Å²) >= 11 is 1.07. The number of likely N-dealkylation sites (tertiary alicyclic amines) is 1. The van der Waals surface area contributed by atoms with Gasteiger partial charge in [-0.1, -0.05) is 12.8 Å². The van der Waals surface area contributed by atoms with Crippen LogP contribution in [0.3, 0.4) is 0 Å². The number of nitrogens with zero attached hydrogens (tertiary/aromatic N) is 6. The molecule has 0 spiro atoms. The zero-order valence-electron chi connectivity index (χ0n) is 22.0. The summed E-state index contributed by atoms with van der Waals surface area (Å²) in [6, 6.07) is 10.9. The van der Waals surface area contributed by atoms with Crippen LogP contribution < -0.4 is 25.4 Å². The van der Waals surface area contributed by atoms with Crippen molar-refractivity contribution in [2.45, 2.75) is 64.1 Å². The highest BCUT2D eigenvalue weighted by Crippen LogP contribution is 2.31. The molecule has 202 valence electrons. The average Bonchev–Trinajstić information content (AvgIpc) is 3.71. The molecule has 3 heterocycles. The lowest BCUT2D eigenvalue weighted by atomic mass is 10.0. The molecule has 2 aromatic heterocycles. The van der Waals surface area contributed by atoms with E-state index in [0.29, 0.717) is 17.1 Å². The molecular weight excluding hydrogens is 512 g/mol. The van der Waals surface area contributed by atoms with Crippen molar-refractivity contribution >= 4 is 45.6 Å². The summed E-state index contributed by atoms with van der Waals surface area (Å²) in [5.74, 6) is -0.673.